The first-order valence-electron chi connectivity index (χ1n) is 5.60. The first-order valence-corrected chi connectivity index (χ1v) is 6.72. The summed E-state index contributed by atoms with van der Waals surface area (Å²) in [5.74, 6) is -0.410. The Morgan fingerprint density at radius 2 is 2.00 bits per heavy atom. The monoisotopic (exact) mass is 348 g/mol. The first kappa shape index (κ1) is 16.5. The van der Waals surface area contributed by atoms with Crippen molar-refractivity contribution in [2.24, 2.45) is 5.41 Å². The topological polar surface area (TPSA) is 52.9 Å². The predicted molar refractivity (Wildman–Crippen MR) is 72.4 cm³/mol. The average Bonchev–Trinajstić information content (AvgIpc) is 2.37. The molecular weight excluding hydrogens is 337 g/mol. The van der Waals surface area contributed by atoms with E-state index < -0.39 is 28.6 Å². The fourth-order valence-electron chi connectivity index (χ4n) is 1.32. The van der Waals surface area contributed by atoms with E-state index in [0.29, 0.717) is 5.33 Å². The van der Waals surface area contributed by atoms with Gasteiger partial charge in [0.1, 0.15) is 0 Å². The lowest BCUT2D eigenvalue weighted by molar-refractivity contribution is -0.137. The number of anilines is 1. The third kappa shape index (κ3) is 3.73. The first-order chi connectivity index (χ1) is 9.11. The zero-order valence-electron chi connectivity index (χ0n) is 10.8. The van der Waals surface area contributed by atoms with Crippen LogP contribution in [0.1, 0.15) is 25.0 Å². The molecule has 0 aromatic heterocycles. The summed E-state index contributed by atoms with van der Waals surface area (Å²) in [6.45, 7) is 3.32. The van der Waals surface area contributed by atoms with Crippen LogP contribution in [0.25, 0.3) is 0 Å². The minimum absolute atomic E-state index is 0.00958. The molecule has 20 heavy (non-hydrogen) atoms. The van der Waals surface area contributed by atoms with Gasteiger partial charge in [0.15, 0.2) is 0 Å². The number of alkyl halides is 4. The van der Waals surface area contributed by atoms with Crippen LogP contribution in [0.15, 0.2) is 18.2 Å². The molecule has 0 aliphatic rings. The fraction of sp³-hybridized carbons (Fsp3) is 0.385. The average molecular weight is 349 g/mol. The van der Waals surface area contributed by atoms with Gasteiger partial charge in [-0.1, -0.05) is 29.8 Å². The Kier molecular flexibility index (Phi) is 4.81. The molecule has 1 amide bonds. The highest BCUT2D eigenvalue weighted by Crippen LogP contribution is 2.34. The Morgan fingerprint density at radius 3 is 2.45 bits per heavy atom. The van der Waals surface area contributed by atoms with Gasteiger partial charge in [-0.25, -0.2) is 0 Å². The summed E-state index contributed by atoms with van der Waals surface area (Å²) < 4.78 is 38.3. The second kappa shape index (κ2) is 5.83. The fourth-order valence-corrected chi connectivity index (χ4v) is 1.57. The molecule has 0 spiro atoms. The molecule has 0 unspecified atom stereocenters. The van der Waals surface area contributed by atoms with Gasteiger partial charge < -0.3 is 5.32 Å². The summed E-state index contributed by atoms with van der Waals surface area (Å²) in [5, 5.41) is 11.5. The molecule has 1 aromatic rings. The van der Waals surface area contributed by atoms with Crippen molar-refractivity contribution in [1.82, 2.24) is 0 Å². The van der Waals surface area contributed by atoms with E-state index in [-0.39, 0.29) is 5.69 Å². The van der Waals surface area contributed by atoms with Crippen LogP contribution in [-0.4, -0.2) is 11.2 Å². The molecular formula is C13H12BrF3N2O. The number of nitriles is 1. The van der Waals surface area contributed by atoms with E-state index in [1.54, 1.807) is 13.8 Å². The third-order valence-electron chi connectivity index (χ3n) is 2.65. The standard InChI is InChI=1S/C13H12BrF3N2O/c1-12(2,7-14)11(20)19-9-4-3-8(6-18)10(5-9)13(15,16)17/h3-5H,7H2,1-2H3,(H,19,20). The molecule has 1 rings (SSSR count). The number of hydrogen-bond acceptors (Lipinski definition) is 2. The van der Waals surface area contributed by atoms with Crippen LogP contribution in [0.3, 0.4) is 0 Å². The van der Waals surface area contributed by atoms with Crippen molar-refractivity contribution in [2.45, 2.75) is 20.0 Å². The molecule has 0 aliphatic carbocycles. The number of nitrogens with one attached hydrogen (secondary N) is 1. The number of benzene rings is 1. The summed E-state index contributed by atoms with van der Waals surface area (Å²) >= 11 is 3.17. The Bertz CT molecular complexity index is 562. The summed E-state index contributed by atoms with van der Waals surface area (Å²) in [6, 6.07) is 4.56. The van der Waals surface area contributed by atoms with E-state index in [9.17, 15) is 18.0 Å². The molecule has 1 N–H and O–H groups in total. The van der Waals surface area contributed by atoms with Gasteiger partial charge in [0.2, 0.25) is 5.91 Å². The molecule has 0 heterocycles. The highest BCUT2D eigenvalue weighted by Gasteiger charge is 2.34. The summed E-state index contributed by atoms with van der Waals surface area (Å²) in [5.41, 5.74) is -2.29. The van der Waals surface area contributed by atoms with Gasteiger partial charge in [0, 0.05) is 11.0 Å². The van der Waals surface area contributed by atoms with Gasteiger partial charge in [-0.2, -0.15) is 18.4 Å². The largest absolute Gasteiger partial charge is 0.417 e. The molecule has 0 aliphatic heterocycles. The number of carbonyl (C=O) groups is 1. The smallest absolute Gasteiger partial charge is 0.326 e. The Morgan fingerprint density at radius 1 is 1.40 bits per heavy atom. The van der Waals surface area contributed by atoms with Crippen LogP contribution < -0.4 is 5.32 Å². The summed E-state index contributed by atoms with van der Waals surface area (Å²) in [4.78, 5) is 11.9. The number of amides is 1. The Hall–Kier alpha value is -1.55. The second-order valence-corrected chi connectivity index (χ2v) is 5.40. The van der Waals surface area contributed by atoms with Crippen molar-refractivity contribution in [1.29, 1.82) is 5.26 Å². The van der Waals surface area contributed by atoms with Crippen molar-refractivity contribution in [2.75, 3.05) is 10.6 Å². The normalized spacial score (nSPS) is 11.8. The van der Waals surface area contributed by atoms with Crippen molar-refractivity contribution in [3.63, 3.8) is 0 Å². The lowest BCUT2D eigenvalue weighted by atomic mass is 9.95. The van der Waals surface area contributed by atoms with Crippen LogP contribution in [0.2, 0.25) is 0 Å². The van der Waals surface area contributed by atoms with E-state index in [1.807, 2.05) is 0 Å². The van der Waals surface area contributed by atoms with Crippen LogP contribution in [0.5, 0.6) is 0 Å². The molecule has 0 bridgehead atoms. The summed E-state index contributed by atoms with van der Waals surface area (Å²) in [7, 11) is 0. The van der Waals surface area contributed by atoms with Crippen LogP contribution in [-0.2, 0) is 11.0 Å². The molecule has 7 heteroatoms. The predicted octanol–water partition coefficient (Wildman–Crippen LogP) is 3.94. The quantitative estimate of drug-likeness (QED) is 0.841. The van der Waals surface area contributed by atoms with Gasteiger partial charge >= 0.3 is 6.18 Å². The van der Waals surface area contributed by atoms with E-state index >= 15 is 0 Å². The number of rotatable bonds is 3. The number of hydrogen-bond donors (Lipinski definition) is 1. The van der Waals surface area contributed by atoms with Crippen molar-refractivity contribution < 1.29 is 18.0 Å². The number of carbonyl (C=O) groups excluding carboxylic acids is 1. The zero-order valence-corrected chi connectivity index (χ0v) is 12.4. The third-order valence-corrected chi connectivity index (χ3v) is 4.05. The molecule has 0 saturated heterocycles. The van der Waals surface area contributed by atoms with Crippen molar-refractivity contribution >= 4 is 27.5 Å². The lowest BCUT2D eigenvalue weighted by Gasteiger charge is -2.21. The van der Waals surface area contributed by atoms with E-state index in [1.165, 1.54) is 12.1 Å². The van der Waals surface area contributed by atoms with Crippen LogP contribution in [0.4, 0.5) is 18.9 Å². The number of nitrogens with zero attached hydrogens (tertiary/aromatic N) is 1. The Balaban J connectivity index is 3.12. The molecule has 108 valence electrons. The van der Waals surface area contributed by atoms with E-state index in [4.69, 9.17) is 5.26 Å². The minimum atomic E-state index is -4.64. The molecule has 1 aromatic carbocycles. The second-order valence-electron chi connectivity index (χ2n) is 4.84. The summed E-state index contributed by atoms with van der Waals surface area (Å²) in [6.07, 6.45) is -4.64. The van der Waals surface area contributed by atoms with Crippen LogP contribution >= 0.6 is 15.9 Å². The van der Waals surface area contributed by atoms with Gasteiger partial charge in [-0.15, -0.1) is 0 Å². The van der Waals surface area contributed by atoms with E-state index in [0.717, 1.165) is 12.1 Å². The Labute approximate surface area is 122 Å². The highest BCUT2D eigenvalue weighted by atomic mass is 79.9. The maximum atomic E-state index is 12.8. The highest BCUT2D eigenvalue weighted by molar-refractivity contribution is 9.09. The van der Waals surface area contributed by atoms with Crippen molar-refractivity contribution in [3.05, 3.63) is 29.3 Å². The lowest BCUT2D eigenvalue weighted by Crippen LogP contribution is -2.32. The number of halogens is 4. The van der Waals surface area contributed by atoms with Gasteiger partial charge in [-0.3, -0.25) is 4.79 Å². The van der Waals surface area contributed by atoms with Crippen LogP contribution in [0, 0.1) is 16.7 Å². The molecule has 0 radical (unpaired) electrons. The molecule has 3 nitrogen and oxygen atoms in total. The zero-order chi connectivity index (χ0) is 15.6. The SMILES string of the molecule is CC(C)(CBr)C(=O)Nc1ccc(C#N)c(C(F)(F)F)c1. The van der Waals surface area contributed by atoms with E-state index in [2.05, 4.69) is 21.2 Å². The van der Waals surface area contributed by atoms with Gasteiger partial charge in [-0.05, 0) is 18.2 Å². The minimum Gasteiger partial charge on any atom is -0.326 e. The maximum Gasteiger partial charge on any atom is 0.417 e. The van der Waals surface area contributed by atoms with Gasteiger partial charge in [0.25, 0.3) is 0 Å². The molecule has 0 saturated carbocycles. The van der Waals surface area contributed by atoms with Gasteiger partial charge in [0.05, 0.1) is 22.6 Å². The maximum absolute atomic E-state index is 12.8. The molecule has 0 atom stereocenters. The van der Waals surface area contributed by atoms with Crippen molar-refractivity contribution in [3.8, 4) is 6.07 Å². The molecule has 0 fully saturated rings.